The zero-order valence-corrected chi connectivity index (χ0v) is 14.5. The number of rotatable bonds is 4. The average molecular weight is 357 g/mol. The van der Waals surface area contributed by atoms with Crippen LogP contribution in [0.3, 0.4) is 0 Å². The van der Waals surface area contributed by atoms with Gasteiger partial charge < -0.3 is 14.5 Å². The van der Waals surface area contributed by atoms with Crippen molar-refractivity contribution in [1.29, 1.82) is 0 Å². The lowest BCUT2D eigenvalue weighted by Crippen LogP contribution is -2.49. The summed E-state index contributed by atoms with van der Waals surface area (Å²) in [4.78, 5) is 32.0. The topological polar surface area (TPSA) is 62.7 Å². The number of carbonyl (C=O) groups is 2. The maximum atomic E-state index is 13.0. The van der Waals surface area contributed by atoms with Gasteiger partial charge in [0.05, 0.1) is 5.56 Å². The molecule has 26 heavy (non-hydrogen) atoms. The first-order valence-corrected chi connectivity index (χ1v) is 8.41. The molecule has 1 aromatic heterocycles. The number of benzene rings is 1. The van der Waals surface area contributed by atoms with Crippen LogP contribution in [0.5, 0.6) is 0 Å². The lowest BCUT2D eigenvalue weighted by atomic mass is 10.2. The number of halogens is 1. The van der Waals surface area contributed by atoms with Crippen molar-refractivity contribution in [1.82, 2.24) is 9.88 Å². The molecule has 0 saturated carbocycles. The third kappa shape index (κ3) is 4.36. The van der Waals surface area contributed by atoms with Crippen LogP contribution in [0.4, 0.5) is 10.1 Å². The largest absolute Gasteiger partial charge is 0.452 e. The van der Waals surface area contributed by atoms with Crippen LogP contribution in [-0.4, -0.2) is 54.5 Å². The summed E-state index contributed by atoms with van der Waals surface area (Å²) in [5.74, 6) is -1.05. The highest BCUT2D eigenvalue weighted by atomic mass is 19.1. The van der Waals surface area contributed by atoms with Crippen molar-refractivity contribution in [3.05, 3.63) is 59.7 Å². The van der Waals surface area contributed by atoms with Crippen LogP contribution in [0.25, 0.3) is 0 Å². The second-order valence-electron chi connectivity index (χ2n) is 6.11. The standard InChI is InChI=1S/C19H20FN3O3/c1-14-2-3-15(12-21-14)19(25)26-13-18(24)23-10-8-22(9-11-23)17-6-4-16(20)5-7-17/h2-7,12H,8-11,13H2,1H3. The summed E-state index contributed by atoms with van der Waals surface area (Å²) in [5, 5.41) is 0. The van der Waals surface area contributed by atoms with Crippen LogP contribution < -0.4 is 4.90 Å². The maximum Gasteiger partial charge on any atom is 0.340 e. The second kappa shape index (κ2) is 7.95. The van der Waals surface area contributed by atoms with E-state index < -0.39 is 5.97 Å². The number of aryl methyl sites for hydroxylation is 1. The fraction of sp³-hybridized carbons (Fsp3) is 0.316. The SMILES string of the molecule is Cc1ccc(C(=O)OCC(=O)N2CCN(c3ccc(F)cc3)CC2)cn1. The molecule has 1 saturated heterocycles. The monoisotopic (exact) mass is 357 g/mol. The third-order valence-electron chi connectivity index (χ3n) is 4.30. The van der Waals surface area contributed by atoms with Gasteiger partial charge in [-0.2, -0.15) is 0 Å². The Hall–Kier alpha value is -2.96. The van der Waals surface area contributed by atoms with E-state index in [0.717, 1.165) is 11.4 Å². The molecule has 0 spiro atoms. The van der Waals surface area contributed by atoms with E-state index in [9.17, 15) is 14.0 Å². The minimum atomic E-state index is -0.559. The smallest absolute Gasteiger partial charge is 0.340 e. The molecule has 0 radical (unpaired) electrons. The van der Waals surface area contributed by atoms with Crippen LogP contribution in [0.15, 0.2) is 42.6 Å². The minimum Gasteiger partial charge on any atom is -0.452 e. The number of piperazine rings is 1. The summed E-state index contributed by atoms with van der Waals surface area (Å²) >= 11 is 0. The molecular formula is C19H20FN3O3. The molecule has 1 aliphatic rings. The first kappa shape index (κ1) is 17.8. The van der Waals surface area contributed by atoms with Gasteiger partial charge in [-0.05, 0) is 43.3 Å². The van der Waals surface area contributed by atoms with Crippen molar-refractivity contribution >= 4 is 17.6 Å². The highest BCUT2D eigenvalue weighted by Gasteiger charge is 2.22. The van der Waals surface area contributed by atoms with Crippen molar-refractivity contribution in [2.24, 2.45) is 0 Å². The number of hydrogen-bond donors (Lipinski definition) is 0. The van der Waals surface area contributed by atoms with E-state index in [0.29, 0.717) is 31.7 Å². The molecule has 6 nitrogen and oxygen atoms in total. The van der Waals surface area contributed by atoms with Crippen LogP contribution in [0.1, 0.15) is 16.1 Å². The summed E-state index contributed by atoms with van der Waals surface area (Å²) < 4.78 is 18.1. The van der Waals surface area contributed by atoms with Gasteiger partial charge in [0.2, 0.25) is 0 Å². The molecule has 0 atom stereocenters. The molecule has 136 valence electrons. The number of anilines is 1. The highest BCUT2D eigenvalue weighted by molar-refractivity contribution is 5.91. The minimum absolute atomic E-state index is 0.225. The van der Waals surface area contributed by atoms with Crippen LogP contribution in [0.2, 0.25) is 0 Å². The number of hydrogen-bond acceptors (Lipinski definition) is 5. The Morgan fingerprint density at radius 2 is 1.77 bits per heavy atom. The number of carbonyl (C=O) groups excluding carboxylic acids is 2. The van der Waals surface area contributed by atoms with Gasteiger partial charge in [0.15, 0.2) is 6.61 Å². The zero-order chi connectivity index (χ0) is 18.5. The van der Waals surface area contributed by atoms with E-state index in [1.54, 1.807) is 29.2 Å². The molecule has 1 aromatic carbocycles. The number of amides is 1. The van der Waals surface area contributed by atoms with Crippen LogP contribution in [-0.2, 0) is 9.53 Å². The summed E-state index contributed by atoms with van der Waals surface area (Å²) in [6, 6.07) is 9.64. The molecule has 0 aliphatic carbocycles. The zero-order valence-electron chi connectivity index (χ0n) is 14.5. The van der Waals surface area contributed by atoms with E-state index in [1.807, 2.05) is 6.92 Å². The second-order valence-corrected chi connectivity index (χ2v) is 6.11. The summed E-state index contributed by atoms with van der Waals surface area (Å²) in [6.45, 7) is 3.88. The number of aromatic nitrogens is 1. The Morgan fingerprint density at radius 3 is 2.38 bits per heavy atom. The average Bonchev–Trinajstić information content (AvgIpc) is 2.67. The van der Waals surface area contributed by atoms with E-state index in [-0.39, 0.29) is 18.3 Å². The molecule has 7 heteroatoms. The number of pyridine rings is 1. The maximum absolute atomic E-state index is 13.0. The highest BCUT2D eigenvalue weighted by Crippen LogP contribution is 2.17. The number of esters is 1. The van der Waals surface area contributed by atoms with E-state index in [1.165, 1.54) is 18.3 Å². The fourth-order valence-electron chi connectivity index (χ4n) is 2.76. The van der Waals surface area contributed by atoms with Gasteiger partial charge in [-0.3, -0.25) is 9.78 Å². The van der Waals surface area contributed by atoms with E-state index in [4.69, 9.17) is 4.74 Å². The Labute approximate surface area is 151 Å². The normalized spacial score (nSPS) is 14.2. The molecule has 1 amide bonds. The first-order chi connectivity index (χ1) is 12.5. The summed E-state index contributed by atoms with van der Waals surface area (Å²) in [5.41, 5.74) is 2.05. The molecule has 3 rings (SSSR count). The first-order valence-electron chi connectivity index (χ1n) is 8.41. The van der Waals surface area contributed by atoms with Gasteiger partial charge >= 0.3 is 5.97 Å². The molecule has 2 heterocycles. The van der Waals surface area contributed by atoms with Gasteiger partial charge in [-0.1, -0.05) is 0 Å². The third-order valence-corrected chi connectivity index (χ3v) is 4.30. The molecule has 1 aliphatic heterocycles. The fourth-order valence-corrected chi connectivity index (χ4v) is 2.76. The van der Waals surface area contributed by atoms with Crippen LogP contribution in [0, 0.1) is 12.7 Å². The van der Waals surface area contributed by atoms with Gasteiger partial charge in [0, 0.05) is 43.8 Å². The van der Waals surface area contributed by atoms with Crippen LogP contribution >= 0.6 is 0 Å². The van der Waals surface area contributed by atoms with Gasteiger partial charge in [0.25, 0.3) is 5.91 Å². The summed E-state index contributed by atoms with van der Waals surface area (Å²) in [7, 11) is 0. The Balaban J connectivity index is 1.47. The predicted octanol–water partition coefficient (Wildman–Crippen LogP) is 2.03. The van der Waals surface area contributed by atoms with E-state index in [2.05, 4.69) is 9.88 Å². The van der Waals surface area contributed by atoms with Gasteiger partial charge in [-0.15, -0.1) is 0 Å². The number of nitrogens with zero attached hydrogens (tertiary/aromatic N) is 3. The quantitative estimate of drug-likeness (QED) is 0.784. The molecule has 1 fully saturated rings. The Bertz CT molecular complexity index is 770. The number of ether oxygens (including phenoxy) is 1. The lowest BCUT2D eigenvalue weighted by Gasteiger charge is -2.36. The molecule has 0 bridgehead atoms. The van der Waals surface area contributed by atoms with Gasteiger partial charge in [0.1, 0.15) is 5.82 Å². The van der Waals surface area contributed by atoms with Crippen molar-refractivity contribution in [3.63, 3.8) is 0 Å². The molecular weight excluding hydrogens is 337 g/mol. The van der Waals surface area contributed by atoms with Gasteiger partial charge in [-0.25, -0.2) is 9.18 Å². The summed E-state index contributed by atoms with van der Waals surface area (Å²) in [6.07, 6.45) is 1.43. The van der Waals surface area contributed by atoms with Crippen molar-refractivity contribution in [2.75, 3.05) is 37.7 Å². The van der Waals surface area contributed by atoms with E-state index >= 15 is 0 Å². The van der Waals surface area contributed by atoms with Crippen molar-refractivity contribution in [2.45, 2.75) is 6.92 Å². The predicted molar refractivity (Wildman–Crippen MR) is 94.4 cm³/mol. The van der Waals surface area contributed by atoms with Crippen molar-refractivity contribution in [3.8, 4) is 0 Å². The Kier molecular flexibility index (Phi) is 5.46. The van der Waals surface area contributed by atoms with Crippen molar-refractivity contribution < 1.29 is 18.7 Å². The molecule has 2 aromatic rings. The Morgan fingerprint density at radius 1 is 1.08 bits per heavy atom. The molecule has 0 N–H and O–H groups in total. The molecule has 0 unspecified atom stereocenters. The lowest BCUT2D eigenvalue weighted by molar-refractivity contribution is -0.134.